The van der Waals surface area contributed by atoms with Crippen LogP contribution < -0.4 is 9.04 Å². The van der Waals surface area contributed by atoms with E-state index in [1.807, 2.05) is 24.3 Å². The SMILES string of the molecule is O=S1(=O)C(CC2CO2)Oc2ccccc2N1c1ccccc1. The first-order valence-electron chi connectivity index (χ1n) is 7.13. The van der Waals surface area contributed by atoms with Gasteiger partial charge in [-0.05, 0) is 24.3 Å². The number of nitrogens with zero attached hydrogens (tertiary/aromatic N) is 1. The molecule has 114 valence electrons. The Kier molecular flexibility index (Phi) is 3.09. The Morgan fingerprint density at radius 1 is 1.05 bits per heavy atom. The minimum absolute atomic E-state index is 0.0253. The van der Waals surface area contributed by atoms with Gasteiger partial charge in [0, 0.05) is 6.42 Å². The number of hydrogen-bond donors (Lipinski definition) is 0. The van der Waals surface area contributed by atoms with Crippen molar-refractivity contribution in [1.29, 1.82) is 0 Å². The molecule has 6 heteroatoms. The number of benzene rings is 2. The van der Waals surface area contributed by atoms with Crippen LogP contribution in [0.2, 0.25) is 0 Å². The molecule has 2 unspecified atom stereocenters. The molecule has 0 aliphatic carbocycles. The van der Waals surface area contributed by atoms with E-state index in [1.165, 1.54) is 4.31 Å². The molecule has 0 amide bonds. The molecule has 1 fully saturated rings. The van der Waals surface area contributed by atoms with Crippen LogP contribution in [0.3, 0.4) is 0 Å². The normalized spacial score (nSPS) is 25.2. The number of sulfonamides is 1. The Balaban J connectivity index is 1.85. The van der Waals surface area contributed by atoms with E-state index in [1.54, 1.807) is 30.3 Å². The van der Waals surface area contributed by atoms with Gasteiger partial charge in [-0.1, -0.05) is 30.3 Å². The summed E-state index contributed by atoms with van der Waals surface area (Å²) in [5.41, 5.74) is 0.233. The van der Waals surface area contributed by atoms with E-state index >= 15 is 0 Å². The average Bonchev–Trinajstić information content (AvgIpc) is 3.33. The van der Waals surface area contributed by atoms with Crippen LogP contribution in [-0.4, -0.2) is 26.6 Å². The van der Waals surface area contributed by atoms with E-state index in [2.05, 4.69) is 0 Å². The number of hydrogen-bond acceptors (Lipinski definition) is 4. The standard InChI is InChI=1S/C16H15NO4S/c18-22(19)16(10-13-11-20-13)21-15-9-5-4-8-14(15)17(22)12-6-2-1-3-7-12/h1-9,13,16H,10-11H2. The van der Waals surface area contributed by atoms with Gasteiger partial charge in [0.25, 0.3) is 10.0 Å². The quantitative estimate of drug-likeness (QED) is 0.817. The minimum Gasteiger partial charge on any atom is -0.470 e. The number of epoxide rings is 1. The van der Waals surface area contributed by atoms with Crippen molar-refractivity contribution in [3.05, 3.63) is 54.6 Å². The molecule has 2 heterocycles. The predicted octanol–water partition coefficient (Wildman–Crippen LogP) is 2.66. The maximum atomic E-state index is 13.0. The van der Waals surface area contributed by atoms with Crippen LogP contribution in [0.5, 0.6) is 5.75 Å². The van der Waals surface area contributed by atoms with Gasteiger partial charge in [0.15, 0.2) is 0 Å². The lowest BCUT2D eigenvalue weighted by molar-refractivity contribution is 0.238. The predicted molar refractivity (Wildman–Crippen MR) is 82.7 cm³/mol. The van der Waals surface area contributed by atoms with Crippen molar-refractivity contribution >= 4 is 21.4 Å². The lowest BCUT2D eigenvalue weighted by Gasteiger charge is -2.35. The maximum absolute atomic E-state index is 13.0. The van der Waals surface area contributed by atoms with Crippen molar-refractivity contribution in [2.75, 3.05) is 10.9 Å². The molecule has 2 aliphatic heterocycles. The summed E-state index contributed by atoms with van der Waals surface area (Å²) in [5.74, 6) is 0.576. The van der Waals surface area contributed by atoms with Gasteiger partial charge < -0.3 is 9.47 Å². The van der Waals surface area contributed by atoms with Crippen molar-refractivity contribution < 1.29 is 17.9 Å². The Morgan fingerprint density at radius 2 is 1.73 bits per heavy atom. The highest BCUT2D eigenvalue weighted by Crippen LogP contribution is 2.43. The lowest BCUT2D eigenvalue weighted by atomic mass is 10.2. The summed E-state index contributed by atoms with van der Waals surface area (Å²) in [6.07, 6.45) is 0.322. The molecule has 2 aromatic carbocycles. The van der Waals surface area contributed by atoms with E-state index in [9.17, 15) is 8.42 Å². The zero-order valence-corrected chi connectivity index (χ0v) is 12.6. The Hall–Kier alpha value is -2.05. The third kappa shape index (κ3) is 2.24. The maximum Gasteiger partial charge on any atom is 0.278 e. The van der Waals surface area contributed by atoms with Gasteiger partial charge in [0.05, 0.1) is 24.1 Å². The largest absolute Gasteiger partial charge is 0.470 e. The first kappa shape index (κ1) is 13.6. The molecule has 0 spiro atoms. The second kappa shape index (κ2) is 5.00. The minimum atomic E-state index is -3.65. The zero-order chi connectivity index (χ0) is 15.2. The molecule has 2 aromatic rings. The molecule has 22 heavy (non-hydrogen) atoms. The van der Waals surface area contributed by atoms with Gasteiger partial charge in [-0.25, -0.2) is 12.7 Å². The first-order valence-corrected chi connectivity index (χ1v) is 8.63. The third-order valence-corrected chi connectivity index (χ3v) is 5.65. The van der Waals surface area contributed by atoms with Crippen LogP contribution in [-0.2, 0) is 14.8 Å². The van der Waals surface area contributed by atoms with Gasteiger partial charge in [0.2, 0.25) is 5.44 Å². The summed E-state index contributed by atoms with van der Waals surface area (Å²) in [4.78, 5) is 0. The van der Waals surface area contributed by atoms with Gasteiger partial charge in [-0.2, -0.15) is 0 Å². The summed E-state index contributed by atoms with van der Waals surface area (Å²) in [7, 11) is -3.65. The fourth-order valence-corrected chi connectivity index (χ4v) is 4.38. The molecular weight excluding hydrogens is 302 g/mol. The molecule has 1 saturated heterocycles. The van der Waals surface area contributed by atoms with Crippen molar-refractivity contribution in [1.82, 2.24) is 0 Å². The second-order valence-corrected chi connectivity index (χ2v) is 7.27. The summed E-state index contributed by atoms with van der Waals surface area (Å²) >= 11 is 0. The highest BCUT2D eigenvalue weighted by molar-refractivity contribution is 7.93. The van der Waals surface area contributed by atoms with Gasteiger partial charge >= 0.3 is 0 Å². The van der Waals surface area contributed by atoms with Crippen molar-refractivity contribution in [3.8, 4) is 5.75 Å². The zero-order valence-electron chi connectivity index (χ0n) is 11.8. The first-order chi connectivity index (χ1) is 10.7. The molecule has 0 N–H and O–H groups in total. The van der Waals surface area contributed by atoms with Crippen LogP contribution >= 0.6 is 0 Å². The molecule has 0 aromatic heterocycles. The highest BCUT2D eigenvalue weighted by Gasteiger charge is 2.44. The fraction of sp³-hybridized carbons (Fsp3) is 0.250. The van der Waals surface area contributed by atoms with E-state index in [4.69, 9.17) is 9.47 Å². The molecule has 2 atom stereocenters. The summed E-state index contributed by atoms with van der Waals surface area (Å²) < 4.78 is 38.3. The lowest BCUT2D eigenvalue weighted by Crippen LogP contribution is -2.43. The van der Waals surface area contributed by atoms with Gasteiger partial charge in [-0.3, -0.25) is 0 Å². The summed E-state index contributed by atoms with van der Waals surface area (Å²) in [5, 5.41) is 0. The second-order valence-electron chi connectivity index (χ2n) is 5.35. The Bertz CT molecular complexity index is 787. The van der Waals surface area contributed by atoms with Gasteiger partial charge in [-0.15, -0.1) is 0 Å². The van der Waals surface area contributed by atoms with Crippen molar-refractivity contribution in [2.45, 2.75) is 18.0 Å². The van der Waals surface area contributed by atoms with Crippen molar-refractivity contribution in [2.24, 2.45) is 0 Å². The van der Waals surface area contributed by atoms with Crippen LogP contribution in [0, 0.1) is 0 Å². The number of ether oxygens (including phenoxy) is 2. The molecule has 5 nitrogen and oxygen atoms in total. The molecule has 4 rings (SSSR count). The smallest absolute Gasteiger partial charge is 0.278 e. The molecular formula is C16H15NO4S. The van der Waals surface area contributed by atoms with E-state index in [-0.39, 0.29) is 6.10 Å². The Labute approximate surface area is 129 Å². The summed E-state index contributed by atoms with van der Waals surface area (Å²) in [6.45, 7) is 0.600. The number of fused-ring (bicyclic) bond motifs is 1. The van der Waals surface area contributed by atoms with E-state index in [0.29, 0.717) is 30.2 Å². The van der Waals surface area contributed by atoms with Crippen LogP contribution in [0.1, 0.15) is 6.42 Å². The number of anilines is 2. The monoisotopic (exact) mass is 317 g/mol. The van der Waals surface area contributed by atoms with Gasteiger partial charge in [0.1, 0.15) is 5.75 Å². The molecule has 0 radical (unpaired) electrons. The van der Waals surface area contributed by atoms with Crippen LogP contribution in [0.4, 0.5) is 11.4 Å². The van der Waals surface area contributed by atoms with Crippen LogP contribution in [0.25, 0.3) is 0 Å². The number of para-hydroxylation sites is 3. The summed E-state index contributed by atoms with van der Waals surface area (Å²) in [6, 6.07) is 16.3. The number of rotatable bonds is 3. The topological polar surface area (TPSA) is 59.1 Å². The van der Waals surface area contributed by atoms with E-state index < -0.39 is 15.5 Å². The Morgan fingerprint density at radius 3 is 2.45 bits per heavy atom. The van der Waals surface area contributed by atoms with Crippen molar-refractivity contribution in [3.63, 3.8) is 0 Å². The molecule has 0 bridgehead atoms. The average molecular weight is 317 g/mol. The third-order valence-electron chi connectivity index (χ3n) is 3.78. The molecule has 0 saturated carbocycles. The molecule has 2 aliphatic rings. The van der Waals surface area contributed by atoms with Crippen LogP contribution in [0.15, 0.2) is 54.6 Å². The van der Waals surface area contributed by atoms with E-state index in [0.717, 1.165) is 0 Å². The highest BCUT2D eigenvalue weighted by atomic mass is 32.2. The fourth-order valence-electron chi connectivity index (χ4n) is 2.62.